The third-order valence-corrected chi connectivity index (χ3v) is 4.08. The van der Waals surface area contributed by atoms with Crippen molar-refractivity contribution < 1.29 is 9.53 Å². The predicted octanol–water partition coefficient (Wildman–Crippen LogP) is 4.24. The van der Waals surface area contributed by atoms with Crippen LogP contribution in [-0.4, -0.2) is 23.0 Å². The lowest BCUT2D eigenvalue weighted by Crippen LogP contribution is -2.13. The summed E-state index contributed by atoms with van der Waals surface area (Å²) in [7, 11) is 1.55. The van der Waals surface area contributed by atoms with Crippen LogP contribution >= 0.6 is 15.9 Å². The molecule has 2 aromatic carbocycles. The van der Waals surface area contributed by atoms with Gasteiger partial charge in [-0.25, -0.2) is 9.97 Å². The lowest BCUT2D eigenvalue weighted by Gasteiger charge is -2.10. The average molecular weight is 399 g/mol. The molecule has 25 heavy (non-hydrogen) atoms. The van der Waals surface area contributed by atoms with Gasteiger partial charge in [0.05, 0.1) is 24.0 Å². The van der Waals surface area contributed by atoms with Crippen LogP contribution in [0.25, 0.3) is 0 Å². The fraction of sp³-hybridized carbons (Fsp3) is 0.0556. The zero-order chi connectivity index (χ0) is 17.6. The molecule has 0 aliphatic rings. The third-order valence-electron chi connectivity index (χ3n) is 3.39. The Balaban J connectivity index is 1.71. The molecule has 3 aromatic rings. The van der Waals surface area contributed by atoms with Gasteiger partial charge in [0.15, 0.2) is 0 Å². The minimum atomic E-state index is -0.308. The number of nitrogens with one attached hydrogen (secondary N) is 2. The van der Waals surface area contributed by atoms with Gasteiger partial charge >= 0.3 is 0 Å². The molecule has 7 heteroatoms. The molecular weight excluding hydrogens is 384 g/mol. The van der Waals surface area contributed by atoms with Gasteiger partial charge < -0.3 is 15.4 Å². The van der Waals surface area contributed by atoms with Gasteiger partial charge in [-0.3, -0.25) is 4.79 Å². The second kappa shape index (κ2) is 7.76. The summed E-state index contributed by atoms with van der Waals surface area (Å²) >= 11 is 3.45. The SMILES string of the molecule is COc1ccccc1NC(=O)c1cnc(Nc2ccccc2Br)nc1. The second-order valence-electron chi connectivity index (χ2n) is 5.05. The van der Waals surface area contributed by atoms with Crippen molar-refractivity contribution in [1.29, 1.82) is 0 Å². The van der Waals surface area contributed by atoms with E-state index in [1.54, 1.807) is 19.2 Å². The average Bonchev–Trinajstić information content (AvgIpc) is 2.64. The molecular formula is C18H15BrN4O2. The molecule has 1 heterocycles. The zero-order valence-corrected chi connectivity index (χ0v) is 14.9. The number of ether oxygens (including phenoxy) is 1. The minimum absolute atomic E-state index is 0.308. The number of carbonyl (C=O) groups excluding carboxylic acids is 1. The summed E-state index contributed by atoms with van der Waals surface area (Å²) in [6, 6.07) is 14.8. The lowest BCUT2D eigenvalue weighted by atomic mass is 10.2. The van der Waals surface area contributed by atoms with Gasteiger partial charge in [0.2, 0.25) is 5.95 Å². The maximum absolute atomic E-state index is 12.3. The number of benzene rings is 2. The van der Waals surface area contributed by atoms with E-state index in [4.69, 9.17) is 4.74 Å². The first-order valence-electron chi connectivity index (χ1n) is 7.45. The van der Waals surface area contributed by atoms with Crippen LogP contribution in [0.15, 0.2) is 65.4 Å². The van der Waals surface area contributed by atoms with E-state index in [0.717, 1.165) is 10.2 Å². The van der Waals surface area contributed by atoms with Crippen molar-refractivity contribution >= 4 is 39.2 Å². The molecule has 0 spiro atoms. The van der Waals surface area contributed by atoms with Gasteiger partial charge in [-0.15, -0.1) is 0 Å². The molecule has 3 rings (SSSR count). The molecule has 0 atom stereocenters. The summed E-state index contributed by atoms with van der Waals surface area (Å²) in [4.78, 5) is 20.7. The van der Waals surface area contributed by atoms with E-state index in [2.05, 4.69) is 36.5 Å². The Labute approximate surface area is 153 Å². The Morgan fingerprint density at radius 1 is 1.00 bits per heavy atom. The number of hydrogen-bond donors (Lipinski definition) is 2. The van der Waals surface area contributed by atoms with Crippen LogP contribution in [0.1, 0.15) is 10.4 Å². The Hall–Kier alpha value is -2.93. The summed E-state index contributed by atoms with van der Waals surface area (Å²) in [5.74, 6) is 0.682. The summed E-state index contributed by atoms with van der Waals surface area (Å²) in [6.07, 6.45) is 2.94. The Bertz CT molecular complexity index is 884. The number of para-hydroxylation sites is 3. The van der Waals surface area contributed by atoms with Crippen molar-refractivity contribution in [1.82, 2.24) is 9.97 Å². The largest absolute Gasteiger partial charge is 0.495 e. The molecule has 1 aromatic heterocycles. The molecule has 0 bridgehead atoms. The molecule has 0 saturated heterocycles. The number of rotatable bonds is 5. The molecule has 0 aliphatic carbocycles. The van der Waals surface area contributed by atoms with Gasteiger partial charge in [-0.05, 0) is 40.2 Å². The summed E-state index contributed by atoms with van der Waals surface area (Å²) < 4.78 is 6.12. The lowest BCUT2D eigenvalue weighted by molar-refractivity contribution is 0.102. The number of halogens is 1. The second-order valence-corrected chi connectivity index (χ2v) is 5.91. The maximum Gasteiger partial charge on any atom is 0.258 e. The predicted molar refractivity (Wildman–Crippen MR) is 100 cm³/mol. The summed E-state index contributed by atoms with van der Waals surface area (Å²) in [5, 5.41) is 5.87. The van der Waals surface area contributed by atoms with Gasteiger partial charge in [0, 0.05) is 16.9 Å². The van der Waals surface area contributed by atoms with Crippen molar-refractivity contribution in [2.24, 2.45) is 0 Å². The van der Waals surface area contributed by atoms with E-state index in [0.29, 0.717) is 22.9 Å². The number of aromatic nitrogens is 2. The van der Waals surface area contributed by atoms with E-state index >= 15 is 0 Å². The van der Waals surface area contributed by atoms with Crippen LogP contribution < -0.4 is 15.4 Å². The fourth-order valence-corrected chi connectivity index (χ4v) is 2.52. The molecule has 0 fully saturated rings. The number of nitrogens with zero attached hydrogens (tertiary/aromatic N) is 2. The highest BCUT2D eigenvalue weighted by atomic mass is 79.9. The Kier molecular flexibility index (Phi) is 5.25. The van der Waals surface area contributed by atoms with Crippen LogP contribution in [0.4, 0.5) is 17.3 Å². The van der Waals surface area contributed by atoms with Crippen LogP contribution in [0, 0.1) is 0 Å². The summed E-state index contributed by atoms with van der Waals surface area (Å²) in [6.45, 7) is 0. The topological polar surface area (TPSA) is 76.1 Å². The summed E-state index contributed by atoms with van der Waals surface area (Å²) in [5.41, 5.74) is 1.78. The Morgan fingerprint density at radius 2 is 1.64 bits per heavy atom. The standard InChI is InChI=1S/C18H15BrN4O2/c1-25-16-9-5-4-8-15(16)22-17(24)12-10-20-18(21-11-12)23-14-7-3-2-6-13(14)19/h2-11H,1H3,(H,22,24)(H,20,21,23). The molecule has 2 N–H and O–H groups in total. The maximum atomic E-state index is 12.3. The number of anilines is 3. The van der Waals surface area contributed by atoms with Crippen LogP contribution in [0.2, 0.25) is 0 Å². The normalized spacial score (nSPS) is 10.2. The molecule has 1 amide bonds. The third kappa shape index (κ3) is 4.13. The molecule has 0 aliphatic heterocycles. The number of carbonyl (C=O) groups is 1. The quantitative estimate of drug-likeness (QED) is 0.671. The minimum Gasteiger partial charge on any atom is -0.495 e. The van der Waals surface area contributed by atoms with Crippen molar-refractivity contribution in [3.05, 3.63) is 71.0 Å². The number of hydrogen-bond acceptors (Lipinski definition) is 5. The van der Waals surface area contributed by atoms with Crippen LogP contribution in [0.5, 0.6) is 5.75 Å². The van der Waals surface area contributed by atoms with Gasteiger partial charge in [-0.2, -0.15) is 0 Å². The van der Waals surface area contributed by atoms with E-state index in [1.165, 1.54) is 12.4 Å². The first-order chi connectivity index (χ1) is 12.2. The highest BCUT2D eigenvalue weighted by Gasteiger charge is 2.11. The van der Waals surface area contributed by atoms with Crippen molar-refractivity contribution in [2.75, 3.05) is 17.7 Å². The molecule has 0 saturated carbocycles. The monoisotopic (exact) mass is 398 g/mol. The van der Waals surface area contributed by atoms with E-state index in [9.17, 15) is 4.79 Å². The van der Waals surface area contributed by atoms with E-state index in [1.807, 2.05) is 36.4 Å². The highest BCUT2D eigenvalue weighted by Crippen LogP contribution is 2.25. The molecule has 0 unspecified atom stereocenters. The van der Waals surface area contributed by atoms with Crippen molar-refractivity contribution in [3.8, 4) is 5.75 Å². The number of methoxy groups -OCH3 is 1. The van der Waals surface area contributed by atoms with Crippen LogP contribution in [-0.2, 0) is 0 Å². The number of amides is 1. The molecule has 0 radical (unpaired) electrons. The van der Waals surface area contributed by atoms with Crippen molar-refractivity contribution in [3.63, 3.8) is 0 Å². The van der Waals surface area contributed by atoms with E-state index in [-0.39, 0.29) is 5.91 Å². The molecule has 126 valence electrons. The van der Waals surface area contributed by atoms with Gasteiger partial charge in [0.25, 0.3) is 5.91 Å². The fourth-order valence-electron chi connectivity index (χ4n) is 2.14. The van der Waals surface area contributed by atoms with Crippen LogP contribution in [0.3, 0.4) is 0 Å². The zero-order valence-electron chi connectivity index (χ0n) is 13.4. The van der Waals surface area contributed by atoms with Gasteiger partial charge in [0.1, 0.15) is 5.75 Å². The first-order valence-corrected chi connectivity index (χ1v) is 8.24. The smallest absolute Gasteiger partial charge is 0.258 e. The van der Waals surface area contributed by atoms with E-state index < -0.39 is 0 Å². The first kappa shape index (κ1) is 16.9. The molecule has 6 nitrogen and oxygen atoms in total. The Morgan fingerprint density at radius 3 is 2.32 bits per heavy atom. The highest BCUT2D eigenvalue weighted by molar-refractivity contribution is 9.10. The van der Waals surface area contributed by atoms with Crippen molar-refractivity contribution in [2.45, 2.75) is 0 Å². The van der Waals surface area contributed by atoms with Gasteiger partial charge in [-0.1, -0.05) is 24.3 Å².